The van der Waals surface area contributed by atoms with Crippen molar-refractivity contribution in [1.82, 2.24) is 0 Å². The molecule has 22 heavy (non-hydrogen) atoms. The number of carbonyl (C=O) groups excluding carboxylic acids is 1. The molecule has 116 valence electrons. The first kappa shape index (κ1) is 16.2. The number of aliphatic hydroxyl groups excluding tert-OH is 1. The molecule has 1 atom stereocenters. The second-order valence-corrected chi connectivity index (χ2v) is 6.35. The lowest BCUT2D eigenvalue weighted by atomic mass is 9.97. The van der Waals surface area contributed by atoms with E-state index in [2.05, 4.69) is 0 Å². The largest absolute Gasteiger partial charge is 0.462 e. The van der Waals surface area contributed by atoms with Gasteiger partial charge in [0.2, 0.25) is 0 Å². The second kappa shape index (κ2) is 6.75. The Bertz CT molecular complexity index is 609. The molecule has 0 radical (unpaired) electrons. The first-order valence-electron chi connectivity index (χ1n) is 7.38. The molecule has 0 spiro atoms. The van der Waals surface area contributed by atoms with Gasteiger partial charge in [-0.15, -0.1) is 0 Å². The fourth-order valence-corrected chi connectivity index (χ4v) is 2.00. The number of ether oxygens (including phenoxy) is 1. The molecule has 0 bridgehead atoms. The van der Waals surface area contributed by atoms with Crippen LogP contribution in [0.1, 0.15) is 32.4 Å². The summed E-state index contributed by atoms with van der Waals surface area (Å²) in [5.74, 6) is -0.313. The Labute approximate surface area is 131 Å². The molecule has 2 aromatic rings. The topological polar surface area (TPSA) is 46.5 Å². The van der Waals surface area contributed by atoms with E-state index >= 15 is 0 Å². The summed E-state index contributed by atoms with van der Waals surface area (Å²) in [4.78, 5) is 11.7. The molecule has 2 rings (SSSR count). The van der Waals surface area contributed by atoms with Gasteiger partial charge in [-0.25, -0.2) is 0 Å². The van der Waals surface area contributed by atoms with Crippen molar-refractivity contribution < 1.29 is 14.6 Å². The second-order valence-electron chi connectivity index (χ2n) is 6.35. The Hall–Kier alpha value is -2.13. The minimum Gasteiger partial charge on any atom is -0.462 e. The molecule has 1 N–H and O–H groups in total. The van der Waals surface area contributed by atoms with Crippen molar-refractivity contribution in [3.63, 3.8) is 0 Å². The van der Waals surface area contributed by atoms with Gasteiger partial charge in [0.15, 0.2) is 0 Å². The van der Waals surface area contributed by atoms with E-state index in [-0.39, 0.29) is 12.6 Å². The highest BCUT2D eigenvalue weighted by atomic mass is 16.5. The maximum atomic E-state index is 11.7. The minimum absolute atomic E-state index is 0.0270. The van der Waals surface area contributed by atoms with Gasteiger partial charge in [0.25, 0.3) is 0 Å². The van der Waals surface area contributed by atoms with Gasteiger partial charge < -0.3 is 9.84 Å². The summed E-state index contributed by atoms with van der Waals surface area (Å²) in [6, 6.07) is 17.7. The number of benzene rings is 2. The first-order chi connectivity index (χ1) is 10.4. The van der Waals surface area contributed by atoms with Crippen LogP contribution < -0.4 is 0 Å². The first-order valence-corrected chi connectivity index (χ1v) is 7.38. The van der Waals surface area contributed by atoms with Gasteiger partial charge in [-0.2, -0.15) is 0 Å². The molecule has 0 saturated heterocycles. The van der Waals surface area contributed by atoms with Gasteiger partial charge in [-0.1, -0.05) is 54.6 Å². The number of hydrogen-bond donors (Lipinski definition) is 1. The zero-order valence-corrected chi connectivity index (χ0v) is 13.2. The van der Waals surface area contributed by atoms with Crippen LogP contribution in [-0.2, 0) is 9.53 Å². The van der Waals surface area contributed by atoms with Crippen LogP contribution in [0.25, 0.3) is 11.1 Å². The lowest BCUT2D eigenvalue weighted by Gasteiger charge is -2.18. The summed E-state index contributed by atoms with van der Waals surface area (Å²) in [5, 5.41) is 10.1. The molecule has 0 aliphatic carbocycles. The molecule has 3 heteroatoms. The number of aliphatic hydroxyl groups is 1. The van der Waals surface area contributed by atoms with E-state index in [1.54, 1.807) is 20.8 Å². The van der Waals surface area contributed by atoms with Crippen molar-refractivity contribution in [3.05, 3.63) is 60.2 Å². The third-order valence-corrected chi connectivity index (χ3v) is 3.39. The van der Waals surface area contributed by atoms with Gasteiger partial charge in [-0.3, -0.25) is 4.79 Å². The van der Waals surface area contributed by atoms with Crippen molar-refractivity contribution in [2.45, 2.75) is 26.9 Å². The van der Waals surface area contributed by atoms with E-state index in [4.69, 9.17) is 4.74 Å². The summed E-state index contributed by atoms with van der Waals surface area (Å²) in [6.07, 6.45) is -0.809. The van der Waals surface area contributed by atoms with Gasteiger partial charge in [0.1, 0.15) is 12.7 Å². The van der Waals surface area contributed by atoms with Gasteiger partial charge >= 0.3 is 5.97 Å². The third-order valence-electron chi connectivity index (χ3n) is 3.39. The van der Waals surface area contributed by atoms with Crippen LogP contribution in [0, 0.1) is 5.41 Å². The van der Waals surface area contributed by atoms with Crippen LogP contribution in [0.3, 0.4) is 0 Å². The van der Waals surface area contributed by atoms with E-state index in [0.29, 0.717) is 0 Å². The highest BCUT2D eigenvalue weighted by Gasteiger charge is 2.24. The Kier molecular flexibility index (Phi) is 4.99. The molecule has 0 aliphatic rings. The van der Waals surface area contributed by atoms with E-state index in [9.17, 15) is 9.90 Å². The van der Waals surface area contributed by atoms with Crippen LogP contribution in [0.4, 0.5) is 0 Å². The maximum absolute atomic E-state index is 11.7. The summed E-state index contributed by atoms with van der Waals surface area (Å²) in [5.41, 5.74) is 2.39. The molecule has 0 aromatic heterocycles. The Morgan fingerprint density at radius 3 is 2.09 bits per heavy atom. The van der Waals surface area contributed by atoms with E-state index in [1.165, 1.54) is 0 Å². The quantitative estimate of drug-likeness (QED) is 0.869. The number of rotatable bonds is 4. The summed E-state index contributed by atoms with van der Waals surface area (Å²) in [6.45, 7) is 5.34. The average Bonchev–Trinajstić information content (AvgIpc) is 2.52. The predicted octanol–water partition coefficient (Wildman–Crippen LogP) is 3.98. The van der Waals surface area contributed by atoms with E-state index < -0.39 is 11.5 Å². The summed E-state index contributed by atoms with van der Waals surface area (Å²) < 4.78 is 5.15. The molecular weight excluding hydrogens is 276 g/mol. The minimum atomic E-state index is -0.809. The SMILES string of the molecule is CC(C)(C)C(=O)OC[C@H](O)c1ccc(-c2ccccc2)cc1. The van der Waals surface area contributed by atoms with Crippen molar-refractivity contribution in [2.24, 2.45) is 5.41 Å². The fourth-order valence-electron chi connectivity index (χ4n) is 2.00. The molecular formula is C19H22O3. The van der Waals surface area contributed by atoms with Crippen molar-refractivity contribution in [2.75, 3.05) is 6.61 Å². The number of esters is 1. The van der Waals surface area contributed by atoms with Gasteiger partial charge in [-0.05, 0) is 37.5 Å². The fraction of sp³-hybridized carbons (Fsp3) is 0.316. The molecule has 0 heterocycles. The van der Waals surface area contributed by atoms with Crippen LogP contribution >= 0.6 is 0 Å². The molecule has 0 aliphatic heterocycles. The van der Waals surface area contributed by atoms with Crippen molar-refractivity contribution in [1.29, 1.82) is 0 Å². The summed E-state index contributed by atoms with van der Waals surface area (Å²) >= 11 is 0. The zero-order chi connectivity index (χ0) is 16.2. The lowest BCUT2D eigenvalue weighted by Crippen LogP contribution is -2.25. The molecule has 3 nitrogen and oxygen atoms in total. The molecule has 0 amide bonds. The molecule has 0 saturated carbocycles. The van der Waals surface area contributed by atoms with Crippen LogP contribution in [0.15, 0.2) is 54.6 Å². The number of hydrogen-bond acceptors (Lipinski definition) is 3. The highest BCUT2D eigenvalue weighted by Crippen LogP contribution is 2.23. The van der Waals surface area contributed by atoms with Crippen LogP contribution in [0.2, 0.25) is 0 Å². The van der Waals surface area contributed by atoms with Gasteiger partial charge in [0.05, 0.1) is 5.41 Å². The average molecular weight is 298 g/mol. The van der Waals surface area contributed by atoms with E-state index in [0.717, 1.165) is 16.7 Å². The van der Waals surface area contributed by atoms with E-state index in [1.807, 2.05) is 54.6 Å². The Balaban J connectivity index is 2.00. The highest BCUT2D eigenvalue weighted by molar-refractivity contribution is 5.75. The normalized spacial score (nSPS) is 12.7. The number of carbonyl (C=O) groups is 1. The molecule has 2 aromatic carbocycles. The Morgan fingerprint density at radius 2 is 1.55 bits per heavy atom. The van der Waals surface area contributed by atoms with Gasteiger partial charge in [0, 0.05) is 0 Å². The molecule has 0 fully saturated rings. The standard InChI is InChI=1S/C19H22O3/c1-19(2,3)18(21)22-13-17(20)16-11-9-15(10-12-16)14-7-5-4-6-8-14/h4-12,17,20H,13H2,1-3H3/t17-/m0/s1. The zero-order valence-electron chi connectivity index (χ0n) is 13.2. The van der Waals surface area contributed by atoms with Crippen molar-refractivity contribution in [3.8, 4) is 11.1 Å². The summed E-state index contributed by atoms with van der Waals surface area (Å²) in [7, 11) is 0. The monoisotopic (exact) mass is 298 g/mol. The van der Waals surface area contributed by atoms with Crippen molar-refractivity contribution >= 4 is 5.97 Å². The molecule has 0 unspecified atom stereocenters. The maximum Gasteiger partial charge on any atom is 0.311 e. The van der Waals surface area contributed by atoms with Crippen LogP contribution in [0.5, 0.6) is 0 Å². The lowest BCUT2D eigenvalue weighted by molar-refractivity contribution is -0.156. The smallest absolute Gasteiger partial charge is 0.311 e. The van der Waals surface area contributed by atoms with Crippen LogP contribution in [-0.4, -0.2) is 17.7 Å². The third kappa shape index (κ3) is 4.18. The predicted molar refractivity (Wildman–Crippen MR) is 87.3 cm³/mol. The Morgan fingerprint density at radius 1 is 1.00 bits per heavy atom.